The number of benzene rings is 1. The highest BCUT2D eigenvalue weighted by Crippen LogP contribution is 2.40. The van der Waals surface area contributed by atoms with Gasteiger partial charge in [0, 0.05) is 13.1 Å². The average Bonchev–Trinajstić information content (AvgIpc) is 3.02. The molecule has 2 unspecified atom stereocenters. The molecule has 0 radical (unpaired) electrons. The summed E-state index contributed by atoms with van der Waals surface area (Å²) in [6, 6.07) is 1.83. The molecular formula is C15H17F6N. The van der Waals surface area contributed by atoms with E-state index in [1.165, 1.54) is 0 Å². The Morgan fingerprint density at radius 2 is 1.68 bits per heavy atom. The molecule has 22 heavy (non-hydrogen) atoms. The summed E-state index contributed by atoms with van der Waals surface area (Å²) in [7, 11) is 1.68. The largest absolute Gasteiger partial charge is 0.416 e. The molecule has 0 N–H and O–H groups in total. The fourth-order valence-electron chi connectivity index (χ4n) is 2.56. The van der Waals surface area contributed by atoms with Gasteiger partial charge in [-0.2, -0.15) is 26.3 Å². The minimum absolute atomic E-state index is 0.0177. The van der Waals surface area contributed by atoms with Gasteiger partial charge in [0.15, 0.2) is 0 Å². The normalized spacial score (nSPS) is 22.2. The van der Waals surface area contributed by atoms with E-state index in [0.29, 0.717) is 24.4 Å². The Labute approximate surface area is 124 Å². The minimum Gasteiger partial charge on any atom is -0.302 e. The molecule has 1 aromatic carbocycles. The Morgan fingerprint density at radius 3 is 2.14 bits per heavy atom. The number of alkyl halides is 6. The predicted molar refractivity (Wildman–Crippen MR) is 70.1 cm³/mol. The number of nitrogens with zero attached hydrogens (tertiary/aromatic N) is 1. The van der Waals surface area contributed by atoms with Crippen molar-refractivity contribution in [2.24, 2.45) is 11.8 Å². The average molecular weight is 325 g/mol. The van der Waals surface area contributed by atoms with Crippen LogP contribution in [0.1, 0.15) is 30.0 Å². The molecule has 0 saturated heterocycles. The van der Waals surface area contributed by atoms with Gasteiger partial charge in [-0.25, -0.2) is 0 Å². The van der Waals surface area contributed by atoms with Crippen molar-refractivity contribution in [3.63, 3.8) is 0 Å². The molecular weight excluding hydrogens is 308 g/mol. The molecule has 7 heteroatoms. The van der Waals surface area contributed by atoms with Gasteiger partial charge in [0.2, 0.25) is 0 Å². The van der Waals surface area contributed by atoms with Gasteiger partial charge in [-0.05, 0) is 43.0 Å². The molecule has 1 saturated carbocycles. The molecule has 1 aliphatic carbocycles. The van der Waals surface area contributed by atoms with Crippen LogP contribution in [0.3, 0.4) is 0 Å². The van der Waals surface area contributed by atoms with Crippen LogP contribution in [-0.2, 0) is 18.9 Å². The van der Waals surface area contributed by atoms with Crippen LogP contribution in [0.15, 0.2) is 18.2 Å². The molecule has 1 aromatic rings. The van der Waals surface area contributed by atoms with Crippen LogP contribution < -0.4 is 0 Å². The Bertz CT molecular complexity index is 534. The fraction of sp³-hybridized carbons (Fsp3) is 0.600. The van der Waals surface area contributed by atoms with Crippen molar-refractivity contribution < 1.29 is 26.3 Å². The van der Waals surface area contributed by atoms with Crippen molar-refractivity contribution in [2.75, 3.05) is 13.6 Å². The molecule has 0 bridgehead atoms. The molecule has 2 atom stereocenters. The first-order valence-electron chi connectivity index (χ1n) is 6.94. The lowest BCUT2D eigenvalue weighted by molar-refractivity contribution is -0.143. The predicted octanol–water partition coefficient (Wildman–Crippen LogP) is 4.81. The highest BCUT2D eigenvalue weighted by Gasteiger charge is 2.38. The van der Waals surface area contributed by atoms with E-state index in [1.54, 1.807) is 11.9 Å². The van der Waals surface area contributed by atoms with Crippen LogP contribution in [0.4, 0.5) is 26.3 Å². The molecule has 0 spiro atoms. The van der Waals surface area contributed by atoms with E-state index in [2.05, 4.69) is 6.92 Å². The van der Waals surface area contributed by atoms with E-state index in [4.69, 9.17) is 0 Å². The van der Waals surface area contributed by atoms with E-state index in [9.17, 15) is 26.3 Å². The van der Waals surface area contributed by atoms with Crippen molar-refractivity contribution >= 4 is 0 Å². The van der Waals surface area contributed by atoms with Crippen LogP contribution in [-0.4, -0.2) is 18.5 Å². The summed E-state index contributed by atoms with van der Waals surface area (Å²) in [5.41, 5.74) is -2.61. The van der Waals surface area contributed by atoms with Gasteiger partial charge >= 0.3 is 12.4 Å². The van der Waals surface area contributed by atoms with E-state index in [0.717, 1.165) is 12.5 Å². The minimum atomic E-state index is -4.80. The van der Waals surface area contributed by atoms with Gasteiger partial charge in [0.05, 0.1) is 11.1 Å². The molecule has 0 heterocycles. The smallest absolute Gasteiger partial charge is 0.302 e. The molecule has 1 fully saturated rings. The third-order valence-corrected chi connectivity index (χ3v) is 4.01. The summed E-state index contributed by atoms with van der Waals surface area (Å²) in [6.45, 7) is 2.70. The van der Waals surface area contributed by atoms with Crippen molar-refractivity contribution in [1.29, 1.82) is 0 Å². The first-order valence-corrected chi connectivity index (χ1v) is 6.94. The molecule has 1 nitrogen and oxygen atoms in total. The van der Waals surface area contributed by atoms with Gasteiger partial charge in [0.1, 0.15) is 0 Å². The summed E-state index contributed by atoms with van der Waals surface area (Å²) >= 11 is 0. The van der Waals surface area contributed by atoms with E-state index in [-0.39, 0.29) is 18.2 Å². The molecule has 0 aliphatic heterocycles. The maximum Gasteiger partial charge on any atom is 0.416 e. The van der Waals surface area contributed by atoms with E-state index >= 15 is 0 Å². The zero-order chi connectivity index (χ0) is 16.7. The van der Waals surface area contributed by atoms with Crippen LogP contribution in [0, 0.1) is 11.8 Å². The number of hydrogen-bond acceptors (Lipinski definition) is 1. The highest BCUT2D eigenvalue weighted by atomic mass is 19.4. The van der Waals surface area contributed by atoms with Crippen molar-refractivity contribution in [3.05, 3.63) is 34.9 Å². The standard InChI is InChI=1S/C15H17F6N/c1-9-5-11(9)8-22(2)7-10-3-4-12(14(16,17)18)6-13(10)15(19,20)21/h3-4,6,9,11H,5,7-8H2,1-2H3. The SMILES string of the molecule is CC1CC1CN(C)Cc1ccc(C(F)(F)F)cc1C(F)(F)F. The van der Waals surface area contributed by atoms with Gasteiger partial charge in [0.25, 0.3) is 0 Å². The van der Waals surface area contributed by atoms with Crippen LogP contribution in [0.5, 0.6) is 0 Å². The maximum absolute atomic E-state index is 13.0. The van der Waals surface area contributed by atoms with Crippen molar-refractivity contribution in [3.8, 4) is 0 Å². The zero-order valence-corrected chi connectivity index (χ0v) is 12.2. The summed E-state index contributed by atoms with van der Waals surface area (Å²) < 4.78 is 76.8. The fourth-order valence-corrected chi connectivity index (χ4v) is 2.56. The topological polar surface area (TPSA) is 3.24 Å². The van der Waals surface area contributed by atoms with Crippen molar-refractivity contribution in [1.82, 2.24) is 4.90 Å². The van der Waals surface area contributed by atoms with Crippen LogP contribution in [0.2, 0.25) is 0 Å². The molecule has 2 rings (SSSR count). The summed E-state index contributed by atoms with van der Waals surface area (Å²) in [5.74, 6) is 1.03. The highest BCUT2D eigenvalue weighted by molar-refractivity contribution is 5.35. The lowest BCUT2D eigenvalue weighted by atomic mass is 10.0. The lowest BCUT2D eigenvalue weighted by Crippen LogP contribution is -2.23. The van der Waals surface area contributed by atoms with Gasteiger partial charge < -0.3 is 4.90 Å². The van der Waals surface area contributed by atoms with E-state index in [1.807, 2.05) is 0 Å². The summed E-state index contributed by atoms with van der Waals surface area (Å²) in [6.07, 6.45) is -8.54. The zero-order valence-electron chi connectivity index (χ0n) is 12.2. The molecule has 1 aliphatic rings. The number of halogens is 6. The molecule has 124 valence electrons. The second-order valence-electron chi connectivity index (χ2n) is 6.04. The maximum atomic E-state index is 13.0. The third kappa shape index (κ3) is 4.15. The summed E-state index contributed by atoms with van der Waals surface area (Å²) in [4.78, 5) is 1.73. The quantitative estimate of drug-likeness (QED) is 0.718. The molecule has 0 aromatic heterocycles. The Hall–Kier alpha value is -1.24. The van der Waals surface area contributed by atoms with E-state index < -0.39 is 23.5 Å². The van der Waals surface area contributed by atoms with Gasteiger partial charge in [-0.1, -0.05) is 13.0 Å². The van der Waals surface area contributed by atoms with Crippen LogP contribution >= 0.6 is 0 Å². The Kier molecular flexibility index (Phi) is 4.48. The van der Waals surface area contributed by atoms with Gasteiger partial charge in [-0.15, -0.1) is 0 Å². The van der Waals surface area contributed by atoms with Crippen LogP contribution in [0.25, 0.3) is 0 Å². The molecule has 0 amide bonds. The first kappa shape index (κ1) is 17.1. The third-order valence-electron chi connectivity index (χ3n) is 4.01. The monoisotopic (exact) mass is 325 g/mol. The Morgan fingerprint density at radius 1 is 1.09 bits per heavy atom. The second kappa shape index (κ2) is 5.76. The Balaban J connectivity index is 2.22. The second-order valence-corrected chi connectivity index (χ2v) is 6.04. The van der Waals surface area contributed by atoms with Gasteiger partial charge in [-0.3, -0.25) is 0 Å². The van der Waals surface area contributed by atoms with Crippen molar-refractivity contribution in [2.45, 2.75) is 32.2 Å². The first-order chi connectivity index (χ1) is 9.98. The number of rotatable bonds is 4. The lowest BCUT2D eigenvalue weighted by Gasteiger charge is -2.21. The number of hydrogen-bond donors (Lipinski definition) is 0. The summed E-state index contributed by atoms with van der Waals surface area (Å²) in [5, 5.41) is 0.